The number of aryl methyl sites for hydroxylation is 1. The molecule has 0 radical (unpaired) electrons. The highest BCUT2D eigenvalue weighted by Gasteiger charge is 2.18. The molecule has 2 N–H and O–H groups in total. The fraction of sp³-hybridized carbons (Fsp3) is 0.176. The van der Waals surface area contributed by atoms with Crippen molar-refractivity contribution in [2.75, 3.05) is 5.32 Å². The molecule has 1 heterocycles. The summed E-state index contributed by atoms with van der Waals surface area (Å²) in [4.78, 5) is 16.7. The number of phenolic OH excluding ortho intramolecular Hbond substituents is 1. The summed E-state index contributed by atoms with van der Waals surface area (Å²) in [5.41, 5.74) is 3.09. The minimum absolute atomic E-state index is 0.0658. The predicted octanol–water partition coefficient (Wildman–Crippen LogP) is 3.25. The normalized spacial score (nSPS) is 12.3. The van der Waals surface area contributed by atoms with Crippen molar-refractivity contribution < 1.29 is 9.90 Å². The lowest BCUT2D eigenvalue weighted by molar-refractivity contribution is -0.118. The molecule has 0 saturated carbocycles. The zero-order chi connectivity index (χ0) is 15.7. The molecule has 0 saturated heterocycles. The smallest absolute Gasteiger partial charge is 0.247 e. The molecule has 0 aliphatic heterocycles. The van der Waals surface area contributed by atoms with Gasteiger partial charge in [0, 0.05) is 0 Å². The number of aromatic nitrogens is 2. The van der Waals surface area contributed by atoms with Crippen LogP contribution in [0.15, 0.2) is 48.8 Å². The zero-order valence-electron chi connectivity index (χ0n) is 12.4. The highest BCUT2D eigenvalue weighted by Crippen LogP contribution is 2.25. The molecule has 0 bridgehead atoms. The van der Waals surface area contributed by atoms with Gasteiger partial charge in [-0.05, 0) is 43.7 Å². The summed E-state index contributed by atoms with van der Waals surface area (Å²) in [6, 6.07) is 12.4. The first-order valence-electron chi connectivity index (χ1n) is 7.08. The second kappa shape index (κ2) is 5.52. The van der Waals surface area contributed by atoms with Crippen LogP contribution in [0, 0.1) is 6.92 Å². The fourth-order valence-electron chi connectivity index (χ4n) is 2.40. The monoisotopic (exact) mass is 295 g/mol. The first-order valence-corrected chi connectivity index (χ1v) is 7.08. The molecule has 0 fully saturated rings. The number of anilines is 1. The van der Waals surface area contributed by atoms with E-state index >= 15 is 0 Å². The molecule has 1 amide bonds. The molecular weight excluding hydrogens is 278 g/mol. The molecule has 5 heteroatoms. The minimum Gasteiger partial charge on any atom is -0.506 e. The summed E-state index contributed by atoms with van der Waals surface area (Å²) in [5.74, 6) is -0.140. The molecule has 0 spiro atoms. The fourth-order valence-corrected chi connectivity index (χ4v) is 2.40. The van der Waals surface area contributed by atoms with Crippen LogP contribution < -0.4 is 5.32 Å². The van der Waals surface area contributed by atoms with Crippen LogP contribution in [0.1, 0.15) is 18.5 Å². The molecule has 112 valence electrons. The van der Waals surface area contributed by atoms with Gasteiger partial charge < -0.3 is 15.0 Å². The van der Waals surface area contributed by atoms with Crippen molar-refractivity contribution in [3.8, 4) is 5.75 Å². The minimum atomic E-state index is -0.437. The van der Waals surface area contributed by atoms with E-state index < -0.39 is 6.04 Å². The number of carbonyl (C=O) groups is 1. The van der Waals surface area contributed by atoms with Crippen LogP contribution in [0.25, 0.3) is 11.0 Å². The third kappa shape index (κ3) is 2.53. The van der Waals surface area contributed by atoms with E-state index in [1.807, 2.05) is 41.8 Å². The predicted molar refractivity (Wildman–Crippen MR) is 85.9 cm³/mol. The van der Waals surface area contributed by atoms with Crippen molar-refractivity contribution >= 4 is 22.6 Å². The summed E-state index contributed by atoms with van der Waals surface area (Å²) in [5, 5.41) is 12.6. The summed E-state index contributed by atoms with van der Waals surface area (Å²) in [6.07, 6.45) is 1.66. The van der Waals surface area contributed by atoms with E-state index in [4.69, 9.17) is 0 Å². The maximum atomic E-state index is 12.4. The first kappa shape index (κ1) is 14.1. The standard InChI is InChI=1S/C17H17N3O2/c1-11-7-8-14(16(21)9-11)19-17(22)12(2)20-10-18-13-5-3-4-6-15(13)20/h3-10,12,21H,1-2H3,(H,19,22). The van der Waals surface area contributed by atoms with E-state index in [2.05, 4.69) is 10.3 Å². The lowest BCUT2D eigenvalue weighted by Crippen LogP contribution is -2.23. The van der Waals surface area contributed by atoms with Crippen molar-refractivity contribution in [3.05, 3.63) is 54.4 Å². The Morgan fingerprint density at radius 1 is 1.27 bits per heavy atom. The van der Waals surface area contributed by atoms with Crippen molar-refractivity contribution in [2.24, 2.45) is 0 Å². The van der Waals surface area contributed by atoms with E-state index in [-0.39, 0.29) is 11.7 Å². The zero-order valence-corrected chi connectivity index (χ0v) is 12.4. The van der Waals surface area contributed by atoms with Crippen LogP contribution in [-0.2, 0) is 4.79 Å². The molecule has 1 aromatic heterocycles. The molecular formula is C17H17N3O2. The Morgan fingerprint density at radius 2 is 2.05 bits per heavy atom. The Bertz CT molecular complexity index is 839. The lowest BCUT2D eigenvalue weighted by atomic mass is 10.2. The van der Waals surface area contributed by atoms with Gasteiger partial charge in [0.15, 0.2) is 0 Å². The highest BCUT2D eigenvalue weighted by molar-refractivity contribution is 5.95. The Morgan fingerprint density at radius 3 is 2.82 bits per heavy atom. The molecule has 22 heavy (non-hydrogen) atoms. The molecule has 5 nitrogen and oxygen atoms in total. The van der Waals surface area contributed by atoms with Gasteiger partial charge in [-0.25, -0.2) is 4.98 Å². The first-order chi connectivity index (χ1) is 10.6. The number of nitrogens with one attached hydrogen (secondary N) is 1. The van der Waals surface area contributed by atoms with Gasteiger partial charge in [-0.1, -0.05) is 18.2 Å². The van der Waals surface area contributed by atoms with E-state index in [0.29, 0.717) is 5.69 Å². The Kier molecular flexibility index (Phi) is 3.55. The van der Waals surface area contributed by atoms with Gasteiger partial charge in [0.25, 0.3) is 0 Å². The van der Waals surface area contributed by atoms with Crippen LogP contribution >= 0.6 is 0 Å². The number of para-hydroxylation sites is 2. The lowest BCUT2D eigenvalue weighted by Gasteiger charge is -2.15. The number of imidazole rings is 1. The summed E-state index contributed by atoms with van der Waals surface area (Å²) >= 11 is 0. The molecule has 0 aliphatic rings. The molecule has 2 aromatic carbocycles. The summed E-state index contributed by atoms with van der Waals surface area (Å²) in [6.45, 7) is 3.68. The molecule has 1 atom stereocenters. The van der Waals surface area contributed by atoms with Crippen molar-refractivity contribution in [1.29, 1.82) is 0 Å². The van der Waals surface area contributed by atoms with Gasteiger partial charge in [0.05, 0.1) is 23.0 Å². The van der Waals surface area contributed by atoms with E-state index in [0.717, 1.165) is 16.6 Å². The number of hydrogen-bond donors (Lipinski definition) is 2. The highest BCUT2D eigenvalue weighted by atomic mass is 16.3. The number of phenols is 1. The maximum Gasteiger partial charge on any atom is 0.247 e. The maximum absolute atomic E-state index is 12.4. The summed E-state index contributed by atoms with van der Waals surface area (Å²) < 4.78 is 1.82. The number of amides is 1. The number of hydrogen-bond acceptors (Lipinski definition) is 3. The average molecular weight is 295 g/mol. The van der Waals surface area contributed by atoms with Crippen molar-refractivity contribution in [2.45, 2.75) is 19.9 Å². The number of carbonyl (C=O) groups excluding carboxylic acids is 1. The van der Waals surface area contributed by atoms with E-state index in [1.54, 1.807) is 25.4 Å². The largest absolute Gasteiger partial charge is 0.506 e. The van der Waals surface area contributed by atoms with Gasteiger partial charge >= 0.3 is 0 Å². The molecule has 3 rings (SSSR count). The van der Waals surface area contributed by atoms with E-state index in [1.165, 1.54) is 0 Å². The number of rotatable bonds is 3. The number of benzene rings is 2. The van der Waals surface area contributed by atoms with Gasteiger partial charge in [-0.2, -0.15) is 0 Å². The summed E-state index contributed by atoms with van der Waals surface area (Å²) in [7, 11) is 0. The third-order valence-electron chi connectivity index (χ3n) is 3.69. The van der Waals surface area contributed by atoms with E-state index in [9.17, 15) is 9.90 Å². The van der Waals surface area contributed by atoms with Gasteiger partial charge in [-0.3, -0.25) is 4.79 Å². The second-order valence-electron chi connectivity index (χ2n) is 5.33. The Labute approximate surface area is 128 Å². The topological polar surface area (TPSA) is 67.2 Å². The van der Waals surface area contributed by atoms with Crippen molar-refractivity contribution in [3.63, 3.8) is 0 Å². The van der Waals surface area contributed by atoms with Gasteiger partial charge in [-0.15, -0.1) is 0 Å². The van der Waals surface area contributed by atoms with Crippen LogP contribution in [0.3, 0.4) is 0 Å². The van der Waals surface area contributed by atoms with Crippen LogP contribution in [0.5, 0.6) is 5.75 Å². The van der Waals surface area contributed by atoms with Crippen LogP contribution in [-0.4, -0.2) is 20.6 Å². The molecule has 0 aliphatic carbocycles. The quantitative estimate of drug-likeness (QED) is 0.729. The van der Waals surface area contributed by atoms with Gasteiger partial charge in [0.1, 0.15) is 11.8 Å². The third-order valence-corrected chi connectivity index (χ3v) is 3.69. The van der Waals surface area contributed by atoms with Crippen LogP contribution in [0.4, 0.5) is 5.69 Å². The Hall–Kier alpha value is -2.82. The number of aromatic hydroxyl groups is 1. The Balaban J connectivity index is 1.85. The molecule has 3 aromatic rings. The van der Waals surface area contributed by atoms with Crippen molar-refractivity contribution in [1.82, 2.24) is 9.55 Å². The molecule has 1 unspecified atom stereocenters. The second-order valence-corrected chi connectivity index (χ2v) is 5.33. The van der Waals surface area contributed by atoms with Gasteiger partial charge in [0.2, 0.25) is 5.91 Å². The number of fused-ring (bicyclic) bond motifs is 1. The number of nitrogens with zero attached hydrogens (tertiary/aromatic N) is 2. The SMILES string of the molecule is Cc1ccc(NC(=O)C(C)n2cnc3ccccc32)c(O)c1. The average Bonchev–Trinajstić information content (AvgIpc) is 2.93. The van der Waals surface area contributed by atoms with Crippen LogP contribution in [0.2, 0.25) is 0 Å².